The monoisotopic (exact) mass is 363 g/mol. The van der Waals surface area contributed by atoms with Gasteiger partial charge in [-0.15, -0.1) is 0 Å². The van der Waals surface area contributed by atoms with Gasteiger partial charge in [0.15, 0.2) is 0 Å². The van der Waals surface area contributed by atoms with Gasteiger partial charge in [-0.1, -0.05) is 49.7 Å². The molecule has 1 aromatic heterocycles. The number of carbonyl (C=O) groups excluding carboxylic acids is 1. The first-order chi connectivity index (χ1) is 13.2. The molecule has 0 radical (unpaired) electrons. The number of unbranched alkanes of at least 4 members (excludes halogenated alkanes) is 1. The number of hydrogen-bond acceptors (Lipinski definition) is 3. The lowest BCUT2D eigenvalue weighted by molar-refractivity contribution is 0.0946. The van der Waals surface area contributed by atoms with E-state index in [4.69, 9.17) is 4.74 Å². The van der Waals surface area contributed by atoms with Crippen LogP contribution in [0.2, 0.25) is 0 Å². The van der Waals surface area contributed by atoms with Crippen molar-refractivity contribution in [1.29, 1.82) is 0 Å². The van der Waals surface area contributed by atoms with Crippen molar-refractivity contribution in [3.63, 3.8) is 0 Å². The van der Waals surface area contributed by atoms with E-state index in [1.165, 1.54) is 0 Å². The highest BCUT2D eigenvalue weighted by atomic mass is 16.5. The second-order valence-corrected chi connectivity index (χ2v) is 6.47. The van der Waals surface area contributed by atoms with Crippen LogP contribution < -0.4 is 10.1 Å². The Morgan fingerprint density at radius 2 is 1.93 bits per heavy atom. The zero-order chi connectivity index (χ0) is 19.1. The molecule has 0 unspecified atom stereocenters. The number of para-hydroxylation sites is 1. The number of nitrogens with one attached hydrogen (secondary N) is 2. The summed E-state index contributed by atoms with van der Waals surface area (Å²) in [5.41, 5.74) is 4.26. The predicted molar refractivity (Wildman–Crippen MR) is 107 cm³/mol. The summed E-state index contributed by atoms with van der Waals surface area (Å²) in [6.07, 6.45) is 2.08. The largest absolute Gasteiger partial charge is 0.493 e. The number of aromatic amines is 1. The number of rotatable bonds is 8. The van der Waals surface area contributed by atoms with E-state index in [2.05, 4.69) is 22.4 Å². The molecule has 2 aromatic carbocycles. The highest BCUT2D eigenvalue weighted by Gasteiger charge is 2.14. The molecule has 140 valence electrons. The third-order valence-corrected chi connectivity index (χ3v) is 4.44. The lowest BCUT2D eigenvalue weighted by Crippen LogP contribution is -2.23. The number of carbonyl (C=O) groups is 1. The van der Waals surface area contributed by atoms with Gasteiger partial charge >= 0.3 is 0 Å². The summed E-state index contributed by atoms with van der Waals surface area (Å²) in [6.45, 7) is 5.31. The molecule has 0 aliphatic rings. The number of benzene rings is 2. The van der Waals surface area contributed by atoms with E-state index >= 15 is 0 Å². The van der Waals surface area contributed by atoms with E-state index in [1.54, 1.807) is 6.07 Å². The molecule has 0 saturated carbocycles. The number of ether oxygens (including phenoxy) is 1. The fourth-order valence-corrected chi connectivity index (χ4v) is 2.79. The van der Waals surface area contributed by atoms with Crippen LogP contribution in [0.5, 0.6) is 5.75 Å². The normalized spacial score (nSPS) is 10.6. The third kappa shape index (κ3) is 4.76. The van der Waals surface area contributed by atoms with Crippen LogP contribution in [0.3, 0.4) is 0 Å². The smallest absolute Gasteiger partial charge is 0.269 e. The summed E-state index contributed by atoms with van der Waals surface area (Å²) in [7, 11) is 0. The summed E-state index contributed by atoms with van der Waals surface area (Å²) in [4.78, 5) is 12.5. The first-order valence-electron chi connectivity index (χ1n) is 9.29. The van der Waals surface area contributed by atoms with E-state index in [0.717, 1.165) is 35.3 Å². The van der Waals surface area contributed by atoms with Crippen LogP contribution in [0.1, 0.15) is 41.4 Å². The van der Waals surface area contributed by atoms with Crippen molar-refractivity contribution in [3.05, 3.63) is 71.4 Å². The van der Waals surface area contributed by atoms with Gasteiger partial charge in [-0.25, -0.2) is 0 Å². The van der Waals surface area contributed by atoms with E-state index < -0.39 is 0 Å². The van der Waals surface area contributed by atoms with Gasteiger partial charge in [0, 0.05) is 12.1 Å². The molecule has 0 spiro atoms. The minimum atomic E-state index is -0.179. The number of amides is 1. The Labute approximate surface area is 159 Å². The average Bonchev–Trinajstić information content (AvgIpc) is 3.18. The standard InChI is InChI=1S/C22H25N3O2/c1-3-4-13-27-21-12-8-7-11-18(21)19-14-20(25-24-19)22(26)23-15-17-10-6-5-9-16(17)2/h5-12,14H,3-4,13,15H2,1-2H3,(H,23,26)(H,24,25). The van der Waals surface area contributed by atoms with Gasteiger partial charge in [0.1, 0.15) is 11.4 Å². The van der Waals surface area contributed by atoms with Crippen LogP contribution in [0.15, 0.2) is 54.6 Å². The van der Waals surface area contributed by atoms with Crippen LogP contribution >= 0.6 is 0 Å². The topological polar surface area (TPSA) is 67.0 Å². The van der Waals surface area contributed by atoms with Crippen molar-refractivity contribution in [3.8, 4) is 17.0 Å². The minimum absolute atomic E-state index is 0.179. The number of nitrogens with zero attached hydrogens (tertiary/aromatic N) is 1. The summed E-state index contributed by atoms with van der Waals surface area (Å²) in [5, 5.41) is 10.1. The number of H-pyrrole nitrogens is 1. The molecule has 1 amide bonds. The van der Waals surface area contributed by atoms with Crippen LogP contribution in [-0.2, 0) is 6.54 Å². The Hall–Kier alpha value is -3.08. The van der Waals surface area contributed by atoms with Crippen molar-refractivity contribution in [2.24, 2.45) is 0 Å². The number of aromatic nitrogens is 2. The molecule has 1 heterocycles. The summed E-state index contributed by atoms with van der Waals surface area (Å²) >= 11 is 0. The van der Waals surface area contributed by atoms with Crippen LogP contribution in [0, 0.1) is 6.92 Å². The fraction of sp³-hybridized carbons (Fsp3) is 0.273. The van der Waals surface area contributed by atoms with Crippen LogP contribution in [0.4, 0.5) is 0 Å². The van der Waals surface area contributed by atoms with Gasteiger partial charge in [-0.05, 0) is 42.7 Å². The molecule has 3 aromatic rings. The predicted octanol–water partition coefficient (Wildman–Crippen LogP) is 4.49. The Kier molecular flexibility index (Phi) is 6.26. The van der Waals surface area contributed by atoms with Gasteiger partial charge in [0.05, 0.1) is 12.3 Å². The maximum absolute atomic E-state index is 12.5. The molecular weight excluding hydrogens is 338 g/mol. The first-order valence-corrected chi connectivity index (χ1v) is 9.29. The lowest BCUT2D eigenvalue weighted by atomic mass is 10.1. The second kappa shape index (κ2) is 9.03. The molecule has 0 aliphatic carbocycles. The van der Waals surface area contributed by atoms with Crippen LogP contribution in [0.25, 0.3) is 11.3 Å². The summed E-state index contributed by atoms with van der Waals surface area (Å²) < 4.78 is 5.87. The zero-order valence-electron chi connectivity index (χ0n) is 15.8. The molecular formula is C22H25N3O2. The molecule has 3 rings (SSSR count). The molecule has 0 aliphatic heterocycles. The Bertz CT molecular complexity index is 902. The van der Waals surface area contributed by atoms with Crippen molar-refractivity contribution in [2.75, 3.05) is 6.61 Å². The van der Waals surface area contributed by atoms with Crippen molar-refractivity contribution >= 4 is 5.91 Å². The SMILES string of the molecule is CCCCOc1ccccc1-c1cc(C(=O)NCc2ccccc2C)[nH]n1. The van der Waals surface area contributed by atoms with Gasteiger partial charge in [0.2, 0.25) is 0 Å². The molecule has 27 heavy (non-hydrogen) atoms. The summed E-state index contributed by atoms with van der Waals surface area (Å²) in [5.74, 6) is 0.603. The molecule has 5 nitrogen and oxygen atoms in total. The van der Waals surface area contributed by atoms with Crippen molar-refractivity contribution < 1.29 is 9.53 Å². The first kappa shape index (κ1) is 18.7. The second-order valence-electron chi connectivity index (χ2n) is 6.47. The van der Waals surface area contributed by atoms with E-state index in [1.807, 2.05) is 55.5 Å². The molecule has 0 fully saturated rings. The van der Waals surface area contributed by atoms with Gasteiger partial charge in [-0.2, -0.15) is 5.10 Å². The molecule has 2 N–H and O–H groups in total. The minimum Gasteiger partial charge on any atom is -0.493 e. The van der Waals surface area contributed by atoms with E-state index in [9.17, 15) is 4.79 Å². The highest BCUT2D eigenvalue weighted by molar-refractivity contribution is 5.93. The fourth-order valence-electron chi connectivity index (χ4n) is 2.79. The van der Waals surface area contributed by atoms with E-state index in [0.29, 0.717) is 24.5 Å². The highest BCUT2D eigenvalue weighted by Crippen LogP contribution is 2.29. The lowest BCUT2D eigenvalue weighted by Gasteiger charge is -2.09. The maximum Gasteiger partial charge on any atom is 0.269 e. The maximum atomic E-state index is 12.5. The van der Waals surface area contributed by atoms with Crippen LogP contribution in [-0.4, -0.2) is 22.7 Å². The molecule has 5 heteroatoms. The Balaban J connectivity index is 1.69. The molecule has 0 bridgehead atoms. The number of hydrogen-bond donors (Lipinski definition) is 2. The Morgan fingerprint density at radius 3 is 2.74 bits per heavy atom. The summed E-state index contributed by atoms with van der Waals surface area (Å²) in [6, 6.07) is 17.5. The van der Waals surface area contributed by atoms with Gasteiger partial charge in [-0.3, -0.25) is 9.89 Å². The van der Waals surface area contributed by atoms with Crippen molar-refractivity contribution in [2.45, 2.75) is 33.2 Å². The van der Waals surface area contributed by atoms with E-state index in [-0.39, 0.29) is 5.91 Å². The van der Waals surface area contributed by atoms with Gasteiger partial charge < -0.3 is 10.1 Å². The molecule has 0 atom stereocenters. The Morgan fingerprint density at radius 1 is 1.15 bits per heavy atom. The quantitative estimate of drug-likeness (QED) is 0.579. The molecule has 0 saturated heterocycles. The van der Waals surface area contributed by atoms with Gasteiger partial charge in [0.25, 0.3) is 5.91 Å². The van der Waals surface area contributed by atoms with Crippen molar-refractivity contribution in [1.82, 2.24) is 15.5 Å². The zero-order valence-corrected chi connectivity index (χ0v) is 15.8. The number of aryl methyl sites for hydroxylation is 1. The third-order valence-electron chi connectivity index (χ3n) is 4.44. The average molecular weight is 363 g/mol.